The third kappa shape index (κ3) is 3.61. The second-order valence-corrected chi connectivity index (χ2v) is 3.45. The molecule has 2 nitrogen and oxygen atoms in total. The summed E-state index contributed by atoms with van der Waals surface area (Å²) in [6, 6.07) is 1.96. The molecule has 0 aliphatic carbocycles. The SMILES string of the molecule is CCC(N)Cc1cc(F)cc(F)c1OC.Cl. The second kappa shape index (κ2) is 6.66. The second-order valence-electron chi connectivity index (χ2n) is 3.45. The van der Waals surface area contributed by atoms with Crippen molar-refractivity contribution in [3.63, 3.8) is 0 Å². The topological polar surface area (TPSA) is 35.2 Å². The van der Waals surface area contributed by atoms with Crippen LogP contribution < -0.4 is 10.5 Å². The van der Waals surface area contributed by atoms with Crippen molar-refractivity contribution in [3.05, 3.63) is 29.3 Å². The van der Waals surface area contributed by atoms with E-state index >= 15 is 0 Å². The fraction of sp³-hybridized carbons (Fsp3) is 0.455. The van der Waals surface area contributed by atoms with Crippen LogP contribution in [0.2, 0.25) is 0 Å². The number of nitrogens with two attached hydrogens (primary N) is 1. The summed E-state index contributed by atoms with van der Waals surface area (Å²) in [5.74, 6) is -1.21. The molecule has 1 aromatic carbocycles. The molecule has 0 amide bonds. The maximum absolute atomic E-state index is 13.3. The molecule has 2 N–H and O–H groups in total. The summed E-state index contributed by atoms with van der Waals surface area (Å²) in [4.78, 5) is 0. The fourth-order valence-corrected chi connectivity index (χ4v) is 1.42. The van der Waals surface area contributed by atoms with Crippen LogP contribution in [0, 0.1) is 11.6 Å². The first-order chi connectivity index (χ1) is 7.08. The van der Waals surface area contributed by atoms with Gasteiger partial charge in [0.05, 0.1) is 7.11 Å². The zero-order chi connectivity index (χ0) is 11.4. The van der Waals surface area contributed by atoms with Crippen LogP contribution >= 0.6 is 12.4 Å². The van der Waals surface area contributed by atoms with E-state index in [0.717, 1.165) is 12.5 Å². The molecule has 0 aliphatic heterocycles. The molecule has 0 heterocycles. The Labute approximate surface area is 100 Å². The molecular formula is C11H16ClF2NO. The Morgan fingerprint density at radius 1 is 1.38 bits per heavy atom. The third-order valence-corrected chi connectivity index (χ3v) is 2.30. The van der Waals surface area contributed by atoms with Gasteiger partial charge in [-0.05, 0) is 18.9 Å². The average molecular weight is 252 g/mol. The van der Waals surface area contributed by atoms with E-state index in [1.54, 1.807) is 0 Å². The molecule has 0 aromatic heterocycles. The summed E-state index contributed by atoms with van der Waals surface area (Å²) in [6.07, 6.45) is 1.16. The molecule has 1 atom stereocenters. The van der Waals surface area contributed by atoms with Crippen LogP contribution in [0.4, 0.5) is 8.78 Å². The van der Waals surface area contributed by atoms with Crippen molar-refractivity contribution in [1.29, 1.82) is 0 Å². The van der Waals surface area contributed by atoms with E-state index < -0.39 is 11.6 Å². The van der Waals surface area contributed by atoms with Crippen LogP contribution in [0.3, 0.4) is 0 Å². The Bertz CT molecular complexity index is 347. The van der Waals surface area contributed by atoms with Crippen LogP contribution in [-0.2, 0) is 6.42 Å². The molecule has 1 unspecified atom stereocenters. The van der Waals surface area contributed by atoms with E-state index in [1.165, 1.54) is 13.2 Å². The van der Waals surface area contributed by atoms with Crippen LogP contribution in [-0.4, -0.2) is 13.2 Å². The summed E-state index contributed by atoms with van der Waals surface area (Å²) in [5.41, 5.74) is 6.20. The fourth-order valence-electron chi connectivity index (χ4n) is 1.42. The Morgan fingerprint density at radius 2 is 2.00 bits per heavy atom. The van der Waals surface area contributed by atoms with Gasteiger partial charge < -0.3 is 10.5 Å². The standard InChI is InChI=1S/C11H15F2NO.ClH/c1-3-9(14)5-7-4-8(12)6-10(13)11(7)15-2;/h4,6,9H,3,5,14H2,1-2H3;1H. The van der Waals surface area contributed by atoms with Gasteiger partial charge in [0.2, 0.25) is 0 Å². The minimum Gasteiger partial charge on any atom is -0.493 e. The molecule has 0 spiro atoms. The molecule has 0 aliphatic rings. The number of hydrogen-bond acceptors (Lipinski definition) is 2. The smallest absolute Gasteiger partial charge is 0.168 e. The monoisotopic (exact) mass is 251 g/mol. The van der Waals surface area contributed by atoms with Crippen LogP contribution in [0.5, 0.6) is 5.75 Å². The molecule has 0 saturated carbocycles. The molecule has 92 valence electrons. The highest BCUT2D eigenvalue weighted by Gasteiger charge is 2.13. The van der Waals surface area contributed by atoms with Gasteiger partial charge in [0.15, 0.2) is 11.6 Å². The largest absolute Gasteiger partial charge is 0.493 e. The first kappa shape index (κ1) is 15.1. The summed E-state index contributed by atoms with van der Waals surface area (Å²) in [7, 11) is 1.36. The van der Waals surface area contributed by atoms with Gasteiger partial charge in [0, 0.05) is 17.7 Å². The highest BCUT2D eigenvalue weighted by Crippen LogP contribution is 2.25. The van der Waals surface area contributed by atoms with Crippen LogP contribution in [0.1, 0.15) is 18.9 Å². The maximum Gasteiger partial charge on any atom is 0.168 e. The van der Waals surface area contributed by atoms with E-state index in [2.05, 4.69) is 0 Å². The minimum absolute atomic E-state index is 0. The first-order valence-corrected chi connectivity index (χ1v) is 4.86. The summed E-state index contributed by atoms with van der Waals surface area (Å²) >= 11 is 0. The number of halogens is 3. The van der Waals surface area contributed by atoms with Crippen LogP contribution in [0.15, 0.2) is 12.1 Å². The Hall–Kier alpha value is -0.870. The maximum atomic E-state index is 13.3. The van der Waals surface area contributed by atoms with E-state index in [0.29, 0.717) is 12.0 Å². The normalized spacial score (nSPS) is 11.8. The lowest BCUT2D eigenvalue weighted by molar-refractivity contribution is 0.377. The van der Waals surface area contributed by atoms with Gasteiger partial charge in [0.25, 0.3) is 0 Å². The molecule has 0 fully saturated rings. The lowest BCUT2D eigenvalue weighted by atomic mass is 10.0. The van der Waals surface area contributed by atoms with Crippen molar-refractivity contribution in [1.82, 2.24) is 0 Å². The highest BCUT2D eigenvalue weighted by molar-refractivity contribution is 5.85. The molecule has 0 bridgehead atoms. The molecule has 1 aromatic rings. The predicted molar refractivity (Wildman–Crippen MR) is 62.1 cm³/mol. The highest BCUT2D eigenvalue weighted by atomic mass is 35.5. The van der Waals surface area contributed by atoms with E-state index in [1.807, 2.05) is 6.92 Å². The molecule has 16 heavy (non-hydrogen) atoms. The van der Waals surface area contributed by atoms with Gasteiger partial charge >= 0.3 is 0 Å². The van der Waals surface area contributed by atoms with Gasteiger partial charge in [-0.1, -0.05) is 6.92 Å². The van der Waals surface area contributed by atoms with E-state index in [-0.39, 0.29) is 24.2 Å². The van der Waals surface area contributed by atoms with Crippen molar-refractivity contribution in [2.45, 2.75) is 25.8 Å². The quantitative estimate of drug-likeness (QED) is 0.893. The first-order valence-electron chi connectivity index (χ1n) is 4.86. The average Bonchev–Trinajstić information content (AvgIpc) is 2.17. The van der Waals surface area contributed by atoms with Gasteiger partial charge in [-0.2, -0.15) is 0 Å². The van der Waals surface area contributed by atoms with Crippen molar-refractivity contribution < 1.29 is 13.5 Å². The molecular weight excluding hydrogens is 236 g/mol. The van der Waals surface area contributed by atoms with Gasteiger partial charge in [0.1, 0.15) is 5.82 Å². The van der Waals surface area contributed by atoms with Crippen molar-refractivity contribution in [2.24, 2.45) is 5.73 Å². The van der Waals surface area contributed by atoms with Crippen molar-refractivity contribution in [2.75, 3.05) is 7.11 Å². The van der Waals surface area contributed by atoms with Crippen molar-refractivity contribution in [3.8, 4) is 5.75 Å². The minimum atomic E-state index is -0.684. The molecule has 0 radical (unpaired) electrons. The zero-order valence-corrected chi connectivity index (χ0v) is 10.1. The molecule has 1 rings (SSSR count). The lowest BCUT2D eigenvalue weighted by Crippen LogP contribution is -2.22. The van der Waals surface area contributed by atoms with Crippen molar-refractivity contribution >= 4 is 12.4 Å². The number of ether oxygens (including phenoxy) is 1. The Morgan fingerprint density at radius 3 is 2.50 bits per heavy atom. The number of methoxy groups -OCH3 is 1. The molecule has 0 saturated heterocycles. The molecule has 5 heteroatoms. The Kier molecular flexibility index (Phi) is 6.29. The zero-order valence-electron chi connectivity index (χ0n) is 9.30. The van der Waals surface area contributed by atoms with Gasteiger partial charge in [-0.3, -0.25) is 0 Å². The lowest BCUT2D eigenvalue weighted by Gasteiger charge is -2.13. The third-order valence-electron chi connectivity index (χ3n) is 2.30. The van der Waals surface area contributed by atoms with E-state index in [9.17, 15) is 8.78 Å². The van der Waals surface area contributed by atoms with E-state index in [4.69, 9.17) is 10.5 Å². The number of rotatable bonds is 4. The van der Waals surface area contributed by atoms with Gasteiger partial charge in [-0.25, -0.2) is 8.78 Å². The number of benzene rings is 1. The predicted octanol–water partition coefficient (Wildman–Crippen LogP) is 2.68. The summed E-state index contributed by atoms with van der Waals surface area (Å²) in [5, 5.41) is 0. The summed E-state index contributed by atoms with van der Waals surface area (Å²) < 4.78 is 31.1. The summed E-state index contributed by atoms with van der Waals surface area (Å²) in [6.45, 7) is 1.92. The Balaban J connectivity index is 0.00000225. The van der Waals surface area contributed by atoms with Crippen LogP contribution in [0.25, 0.3) is 0 Å². The number of hydrogen-bond donors (Lipinski definition) is 1. The van der Waals surface area contributed by atoms with Gasteiger partial charge in [-0.15, -0.1) is 12.4 Å².